The highest BCUT2D eigenvalue weighted by Crippen LogP contribution is 2.42. The van der Waals surface area contributed by atoms with Crippen LogP contribution in [0.1, 0.15) is 42.4 Å². The summed E-state index contributed by atoms with van der Waals surface area (Å²) in [7, 11) is 1.64. The number of aliphatic carboxylic acids is 1. The number of benzene rings is 2. The van der Waals surface area contributed by atoms with Crippen LogP contribution in [0.4, 0.5) is 4.39 Å². The zero-order chi connectivity index (χ0) is 21.1. The summed E-state index contributed by atoms with van der Waals surface area (Å²) in [6.45, 7) is 2.94. The van der Waals surface area contributed by atoms with Gasteiger partial charge in [-0.25, -0.2) is 4.39 Å². The molecule has 0 bridgehead atoms. The molecule has 1 fully saturated rings. The van der Waals surface area contributed by atoms with Gasteiger partial charge in [0.05, 0.1) is 7.11 Å². The van der Waals surface area contributed by atoms with Crippen LogP contribution in [-0.2, 0) is 11.4 Å². The number of nitrogens with zero attached hydrogens (tertiary/aromatic N) is 1. The molecule has 4 rings (SSSR count). The summed E-state index contributed by atoms with van der Waals surface area (Å²) < 4.78 is 25.6. The van der Waals surface area contributed by atoms with E-state index in [0.29, 0.717) is 18.8 Å². The third-order valence-electron chi connectivity index (χ3n) is 5.85. The molecule has 0 aliphatic carbocycles. The molecule has 2 aliphatic rings. The van der Waals surface area contributed by atoms with E-state index in [4.69, 9.17) is 14.6 Å². The maximum Gasteiger partial charge on any atom is 0.303 e. The maximum atomic E-state index is 14.2. The Kier molecular flexibility index (Phi) is 6.04. The van der Waals surface area contributed by atoms with Gasteiger partial charge in [-0.15, -0.1) is 0 Å². The van der Waals surface area contributed by atoms with Crippen LogP contribution in [-0.4, -0.2) is 42.7 Å². The first-order valence-electron chi connectivity index (χ1n) is 10.3. The Bertz CT molecular complexity index is 975. The molecule has 0 unspecified atom stereocenters. The number of carbonyl (C=O) groups is 1. The van der Waals surface area contributed by atoms with Gasteiger partial charge < -0.3 is 19.5 Å². The summed E-state index contributed by atoms with van der Waals surface area (Å²) in [6.07, 6.45) is 2.59. The van der Waals surface area contributed by atoms with Crippen LogP contribution in [0.25, 0.3) is 5.57 Å². The predicted octanol–water partition coefficient (Wildman–Crippen LogP) is 4.49. The number of halogens is 1. The fourth-order valence-electron chi connectivity index (χ4n) is 4.32. The Morgan fingerprint density at radius 1 is 1.17 bits per heavy atom. The van der Waals surface area contributed by atoms with E-state index in [1.807, 2.05) is 18.2 Å². The van der Waals surface area contributed by atoms with Crippen molar-refractivity contribution < 1.29 is 23.8 Å². The second-order valence-corrected chi connectivity index (χ2v) is 7.77. The second kappa shape index (κ2) is 8.88. The number of ether oxygens (including phenoxy) is 2. The molecule has 0 amide bonds. The SMILES string of the molecule is COc1ccc2c(c1)COc1ccc(F)cc1C2=C1CCN(CCCC(=O)O)CC1. The minimum absolute atomic E-state index is 0.198. The molecular formula is C24H26FNO4. The van der Waals surface area contributed by atoms with Crippen molar-refractivity contribution in [1.82, 2.24) is 4.90 Å². The van der Waals surface area contributed by atoms with E-state index in [9.17, 15) is 9.18 Å². The molecule has 158 valence electrons. The van der Waals surface area contributed by atoms with E-state index < -0.39 is 5.97 Å². The number of likely N-dealkylation sites (tertiary alicyclic amines) is 1. The molecule has 0 saturated carbocycles. The first kappa shape index (κ1) is 20.4. The van der Waals surface area contributed by atoms with Crippen molar-refractivity contribution in [3.8, 4) is 11.5 Å². The summed E-state index contributed by atoms with van der Waals surface area (Å²) in [5, 5.41) is 8.85. The average molecular weight is 411 g/mol. The van der Waals surface area contributed by atoms with Crippen molar-refractivity contribution in [3.63, 3.8) is 0 Å². The largest absolute Gasteiger partial charge is 0.497 e. The lowest BCUT2D eigenvalue weighted by Gasteiger charge is -2.30. The lowest BCUT2D eigenvalue weighted by atomic mass is 9.86. The van der Waals surface area contributed by atoms with Crippen molar-refractivity contribution in [3.05, 3.63) is 64.5 Å². The van der Waals surface area contributed by atoms with Crippen LogP contribution in [0, 0.1) is 5.82 Å². The molecule has 6 heteroatoms. The number of methoxy groups -OCH3 is 1. The Morgan fingerprint density at radius 2 is 1.97 bits per heavy atom. The van der Waals surface area contributed by atoms with E-state index in [1.165, 1.54) is 11.6 Å². The average Bonchev–Trinajstić information content (AvgIpc) is 2.90. The van der Waals surface area contributed by atoms with Gasteiger partial charge in [0, 0.05) is 30.6 Å². The van der Waals surface area contributed by atoms with E-state index in [1.54, 1.807) is 19.2 Å². The third kappa shape index (κ3) is 4.33. The third-order valence-corrected chi connectivity index (χ3v) is 5.85. The smallest absolute Gasteiger partial charge is 0.303 e. The predicted molar refractivity (Wildman–Crippen MR) is 112 cm³/mol. The number of carboxylic acids is 1. The lowest BCUT2D eigenvalue weighted by molar-refractivity contribution is -0.137. The zero-order valence-electron chi connectivity index (χ0n) is 17.1. The van der Waals surface area contributed by atoms with Gasteiger partial charge in [0.15, 0.2) is 0 Å². The van der Waals surface area contributed by atoms with Crippen molar-refractivity contribution in [1.29, 1.82) is 0 Å². The summed E-state index contributed by atoms with van der Waals surface area (Å²) in [6, 6.07) is 10.7. The normalized spacial score (nSPS) is 16.3. The van der Waals surface area contributed by atoms with Gasteiger partial charge in [0.25, 0.3) is 0 Å². The Labute approximate surface area is 175 Å². The summed E-state index contributed by atoms with van der Waals surface area (Å²) >= 11 is 0. The topological polar surface area (TPSA) is 59.0 Å². The number of hydrogen-bond donors (Lipinski definition) is 1. The van der Waals surface area contributed by atoms with Crippen molar-refractivity contribution in [2.75, 3.05) is 26.7 Å². The molecule has 30 heavy (non-hydrogen) atoms. The zero-order valence-corrected chi connectivity index (χ0v) is 17.1. The van der Waals surface area contributed by atoms with Crippen LogP contribution in [0.3, 0.4) is 0 Å². The Hall–Kier alpha value is -2.86. The molecule has 0 spiro atoms. The molecule has 1 N–H and O–H groups in total. The number of hydrogen-bond acceptors (Lipinski definition) is 4. The van der Waals surface area contributed by atoms with Gasteiger partial charge in [-0.1, -0.05) is 11.6 Å². The van der Waals surface area contributed by atoms with E-state index >= 15 is 0 Å². The first-order chi connectivity index (χ1) is 14.5. The summed E-state index contributed by atoms with van der Waals surface area (Å²) in [5.41, 5.74) is 5.23. The van der Waals surface area contributed by atoms with Crippen LogP contribution in [0.5, 0.6) is 11.5 Å². The molecule has 2 aliphatic heterocycles. The van der Waals surface area contributed by atoms with Crippen LogP contribution in [0.2, 0.25) is 0 Å². The quantitative estimate of drug-likeness (QED) is 0.786. The van der Waals surface area contributed by atoms with Crippen LogP contribution in [0.15, 0.2) is 42.0 Å². The van der Waals surface area contributed by atoms with Crippen molar-refractivity contribution in [2.45, 2.75) is 32.3 Å². The molecule has 5 nitrogen and oxygen atoms in total. The molecule has 1 saturated heterocycles. The van der Waals surface area contributed by atoms with Crippen molar-refractivity contribution >= 4 is 11.5 Å². The summed E-state index contributed by atoms with van der Waals surface area (Å²) in [5.74, 6) is 0.433. The highest BCUT2D eigenvalue weighted by Gasteiger charge is 2.25. The fourth-order valence-corrected chi connectivity index (χ4v) is 4.32. The first-order valence-corrected chi connectivity index (χ1v) is 10.3. The van der Waals surface area contributed by atoms with E-state index in [0.717, 1.165) is 60.5 Å². The molecule has 2 heterocycles. The van der Waals surface area contributed by atoms with Gasteiger partial charge in [0.1, 0.15) is 23.9 Å². The minimum atomic E-state index is -0.751. The molecule has 0 aromatic heterocycles. The van der Waals surface area contributed by atoms with Gasteiger partial charge in [-0.3, -0.25) is 4.79 Å². The standard InChI is InChI=1S/C24H26FNO4/c1-29-19-5-6-20-17(13-19)15-30-22-7-4-18(25)14-21(22)24(20)16-8-11-26(12-9-16)10-2-3-23(27)28/h4-7,13-14H,2-3,8-12,15H2,1H3,(H,27,28). The fraction of sp³-hybridized carbons (Fsp3) is 0.375. The van der Waals surface area contributed by atoms with E-state index in [-0.39, 0.29) is 12.2 Å². The highest BCUT2D eigenvalue weighted by atomic mass is 19.1. The molecular weight excluding hydrogens is 385 g/mol. The molecule has 0 atom stereocenters. The second-order valence-electron chi connectivity index (χ2n) is 7.77. The maximum absolute atomic E-state index is 14.2. The molecule has 0 radical (unpaired) electrons. The Morgan fingerprint density at radius 3 is 2.70 bits per heavy atom. The number of rotatable bonds is 5. The van der Waals surface area contributed by atoms with Gasteiger partial charge in [0.2, 0.25) is 0 Å². The van der Waals surface area contributed by atoms with E-state index in [2.05, 4.69) is 4.90 Å². The van der Waals surface area contributed by atoms with Crippen LogP contribution < -0.4 is 9.47 Å². The molecule has 2 aromatic carbocycles. The van der Waals surface area contributed by atoms with Crippen molar-refractivity contribution in [2.24, 2.45) is 0 Å². The van der Waals surface area contributed by atoms with Gasteiger partial charge in [-0.2, -0.15) is 0 Å². The van der Waals surface area contributed by atoms with Crippen LogP contribution >= 0.6 is 0 Å². The Balaban J connectivity index is 1.68. The summed E-state index contributed by atoms with van der Waals surface area (Å²) in [4.78, 5) is 13.1. The highest BCUT2D eigenvalue weighted by molar-refractivity contribution is 5.87. The number of fused-ring (bicyclic) bond motifs is 2. The van der Waals surface area contributed by atoms with Gasteiger partial charge >= 0.3 is 5.97 Å². The van der Waals surface area contributed by atoms with Gasteiger partial charge in [-0.05, 0) is 67.3 Å². The number of carboxylic acid groups (broad SMARTS) is 1. The number of piperidine rings is 1. The molecule has 2 aromatic rings. The lowest BCUT2D eigenvalue weighted by Crippen LogP contribution is -2.32. The monoisotopic (exact) mass is 411 g/mol. The minimum Gasteiger partial charge on any atom is -0.497 e.